The molecule has 1 amide bonds. The van der Waals surface area contributed by atoms with Gasteiger partial charge in [0.05, 0.1) is 12.6 Å². The van der Waals surface area contributed by atoms with E-state index < -0.39 is 29.9 Å². The van der Waals surface area contributed by atoms with Crippen molar-refractivity contribution in [2.24, 2.45) is 0 Å². The van der Waals surface area contributed by atoms with Gasteiger partial charge in [-0.15, -0.1) is 0 Å². The Hall–Kier alpha value is -1.63. The van der Waals surface area contributed by atoms with E-state index in [9.17, 15) is 14.0 Å². The predicted octanol–water partition coefficient (Wildman–Crippen LogP) is 5.09. The number of carbonyl (C=O) groups is 2. The quantitative estimate of drug-likeness (QED) is 0.553. The molecule has 1 N–H and O–H groups in total. The van der Waals surface area contributed by atoms with Crippen molar-refractivity contribution in [3.63, 3.8) is 0 Å². The fourth-order valence-corrected chi connectivity index (χ4v) is 2.94. The van der Waals surface area contributed by atoms with Gasteiger partial charge in [-0.05, 0) is 43.9 Å². The van der Waals surface area contributed by atoms with Gasteiger partial charge in [-0.25, -0.2) is 14.0 Å². The Balaban J connectivity index is 3.03. The topological polar surface area (TPSA) is 64.6 Å². The van der Waals surface area contributed by atoms with Gasteiger partial charge in [0.25, 0.3) is 0 Å². The third-order valence-corrected chi connectivity index (χ3v) is 5.08. The van der Waals surface area contributed by atoms with E-state index in [1.54, 1.807) is 31.2 Å². The van der Waals surface area contributed by atoms with Gasteiger partial charge < -0.3 is 14.8 Å². The molecule has 1 rings (SSSR count). The number of alkyl halides is 1. The van der Waals surface area contributed by atoms with Crippen LogP contribution in [0, 0.1) is 0 Å². The molecular formula is C19H27BrFNO4. The van der Waals surface area contributed by atoms with E-state index in [4.69, 9.17) is 9.47 Å². The summed E-state index contributed by atoms with van der Waals surface area (Å²) < 4.78 is 25.9. The molecule has 7 heteroatoms. The normalized spacial score (nSPS) is 13.6. The van der Waals surface area contributed by atoms with Crippen LogP contribution in [0.5, 0.6) is 0 Å². The minimum absolute atomic E-state index is 0.0569. The summed E-state index contributed by atoms with van der Waals surface area (Å²) in [6.45, 7) is 7.45. The highest BCUT2D eigenvalue weighted by Crippen LogP contribution is 2.27. The van der Waals surface area contributed by atoms with Crippen molar-refractivity contribution >= 4 is 28.0 Å². The highest BCUT2D eigenvalue weighted by Gasteiger charge is 2.35. The van der Waals surface area contributed by atoms with Gasteiger partial charge in [-0.2, -0.15) is 0 Å². The summed E-state index contributed by atoms with van der Waals surface area (Å²) in [7, 11) is 0. The molecule has 0 spiro atoms. The molecule has 0 fully saturated rings. The van der Waals surface area contributed by atoms with E-state index in [1.807, 2.05) is 20.8 Å². The van der Waals surface area contributed by atoms with Crippen LogP contribution < -0.4 is 5.32 Å². The van der Waals surface area contributed by atoms with E-state index in [0.29, 0.717) is 24.8 Å². The van der Waals surface area contributed by atoms with Gasteiger partial charge in [0.1, 0.15) is 5.60 Å². The lowest BCUT2D eigenvalue weighted by atomic mass is 9.94. The fraction of sp³-hybridized carbons (Fsp3) is 0.579. The summed E-state index contributed by atoms with van der Waals surface area (Å²) >= 11 is 3.31. The van der Waals surface area contributed by atoms with Crippen LogP contribution in [0.3, 0.4) is 0 Å². The lowest BCUT2D eigenvalue weighted by molar-refractivity contribution is -0.150. The summed E-state index contributed by atoms with van der Waals surface area (Å²) in [5.41, 5.74) is -0.162. The Labute approximate surface area is 162 Å². The zero-order chi connectivity index (χ0) is 19.7. The maximum absolute atomic E-state index is 14.7. The first-order chi connectivity index (χ1) is 12.3. The van der Waals surface area contributed by atoms with Crippen LogP contribution in [-0.2, 0) is 14.3 Å². The molecule has 5 nitrogen and oxygen atoms in total. The average Bonchev–Trinajstić information content (AvgIpc) is 2.65. The molecule has 1 aromatic carbocycles. The Morgan fingerprint density at radius 3 is 2.12 bits per heavy atom. The van der Waals surface area contributed by atoms with E-state index in [1.165, 1.54) is 0 Å². The second kappa shape index (κ2) is 10.5. The summed E-state index contributed by atoms with van der Waals surface area (Å²) in [5.74, 6) is -1.02. The van der Waals surface area contributed by atoms with Gasteiger partial charge in [-0.3, -0.25) is 0 Å². The summed E-state index contributed by atoms with van der Waals surface area (Å²) in [5, 5.41) is 2.50. The molecule has 0 radical (unpaired) electrons. The molecule has 0 aliphatic rings. The van der Waals surface area contributed by atoms with Crippen LogP contribution in [0.25, 0.3) is 0 Å². The van der Waals surface area contributed by atoms with Crippen LogP contribution in [-0.4, -0.2) is 30.4 Å². The molecule has 0 aromatic heterocycles. The molecule has 1 aromatic rings. The standard InChI is InChI=1S/C19H27BrFNO4/c1-5-19(6-2,7-3)26-18(24)22-16(15(21)17(23)25-8-4)13-9-11-14(20)12-10-13/h9-12,15-16H,5-8H2,1-4H3,(H,22,24)/t15-,16+/m0/s1. The Morgan fingerprint density at radius 1 is 1.12 bits per heavy atom. The van der Waals surface area contributed by atoms with E-state index >= 15 is 0 Å². The average molecular weight is 432 g/mol. The van der Waals surface area contributed by atoms with Gasteiger partial charge in [0.2, 0.25) is 6.17 Å². The SMILES string of the molecule is CCOC(=O)[C@@H](F)[C@H](NC(=O)OC(CC)(CC)CC)c1ccc(Br)cc1. The molecule has 0 unspecified atom stereocenters. The number of hydrogen-bond donors (Lipinski definition) is 1. The molecule has 0 saturated carbocycles. The van der Waals surface area contributed by atoms with E-state index in [2.05, 4.69) is 21.2 Å². The lowest BCUT2D eigenvalue weighted by Crippen LogP contribution is -2.43. The number of carbonyl (C=O) groups excluding carboxylic acids is 2. The maximum Gasteiger partial charge on any atom is 0.408 e. The third kappa shape index (κ3) is 5.97. The monoisotopic (exact) mass is 431 g/mol. The molecule has 0 aliphatic heterocycles. The predicted molar refractivity (Wildman–Crippen MR) is 102 cm³/mol. The summed E-state index contributed by atoms with van der Waals surface area (Å²) in [6, 6.07) is 5.49. The molecule has 26 heavy (non-hydrogen) atoms. The minimum atomic E-state index is -2.04. The number of benzene rings is 1. The number of halogens is 2. The molecule has 0 saturated heterocycles. The van der Waals surface area contributed by atoms with E-state index in [-0.39, 0.29) is 6.61 Å². The Kier molecular flexibility index (Phi) is 9.05. The Morgan fingerprint density at radius 2 is 1.65 bits per heavy atom. The smallest absolute Gasteiger partial charge is 0.408 e. The van der Waals surface area contributed by atoms with Crippen LogP contribution >= 0.6 is 15.9 Å². The zero-order valence-corrected chi connectivity index (χ0v) is 17.3. The number of ether oxygens (including phenoxy) is 2. The van der Waals surface area contributed by atoms with Crippen molar-refractivity contribution < 1.29 is 23.5 Å². The van der Waals surface area contributed by atoms with Crippen LogP contribution in [0.15, 0.2) is 28.7 Å². The fourth-order valence-electron chi connectivity index (χ4n) is 2.67. The van der Waals surface area contributed by atoms with Crippen molar-refractivity contribution in [2.75, 3.05) is 6.61 Å². The molecule has 0 bridgehead atoms. The van der Waals surface area contributed by atoms with Gasteiger partial charge in [0.15, 0.2) is 0 Å². The highest BCUT2D eigenvalue weighted by atomic mass is 79.9. The zero-order valence-electron chi connectivity index (χ0n) is 15.7. The van der Waals surface area contributed by atoms with E-state index in [0.717, 1.165) is 4.47 Å². The number of amides is 1. The van der Waals surface area contributed by atoms with Crippen molar-refractivity contribution in [2.45, 2.75) is 64.8 Å². The first kappa shape index (κ1) is 22.4. The number of nitrogens with one attached hydrogen (secondary N) is 1. The summed E-state index contributed by atoms with van der Waals surface area (Å²) in [6.07, 6.45) is -0.855. The van der Waals surface area contributed by atoms with Crippen molar-refractivity contribution in [3.05, 3.63) is 34.3 Å². The van der Waals surface area contributed by atoms with Crippen LogP contribution in [0.2, 0.25) is 0 Å². The second-order valence-corrected chi connectivity index (χ2v) is 6.88. The van der Waals surface area contributed by atoms with Gasteiger partial charge in [-0.1, -0.05) is 48.8 Å². The van der Waals surface area contributed by atoms with Crippen molar-refractivity contribution in [1.29, 1.82) is 0 Å². The maximum atomic E-state index is 14.7. The third-order valence-electron chi connectivity index (χ3n) is 4.55. The number of esters is 1. The number of alkyl carbamates (subject to hydrolysis) is 1. The molecule has 0 heterocycles. The van der Waals surface area contributed by atoms with Gasteiger partial charge >= 0.3 is 12.1 Å². The van der Waals surface area contributed by atoms with Crippen molar-refractivity contribution in [3.8, 4) is 0 Å². The number of rotatable bonds is 9. The van der Waals surface area contributed by atoms with Crippen LogP contribution in [0.4, 0.5) is 9.18 Å². The first-order valence-electron chi connectivity index (χ1n) is 8.88. The van der Waals surface area contributed by atoms with Gasteiger partial charge in [0, 0.05) is 4.47 Å². The molecule has 0 aliphatic carbocycles. The first-order valence-corrected chi connectivity index (χ1v) is 9.67. The minimum Gasteiger partial charge on any atom is -0.464 e. The largest absolute Gasteiger partial charge is 0.464 e. The molecule has 146 valence electrons. The lowest BCUT2D eigenvalue weighted by Gasteiger charge is -2.31. The summed E-state index contributed by atoms with van der Waals surface area (Å²) in [4.78, 5) is 24.3. The Bertz CT molecular complexity index is 581. The van der Waals surface area contributed by atoms with Crippen molar-refractivity contribution in [1.82, 2.24) is 5.32 Å². The highest BCUT2D eigenvalue weighted by molar-refractivity contribution is 9.10. The molecule has 2 atom stereocenters. The number of hydrogen-bond acceptors (Lipinski definition) is 4. The molecular weight excluding hydrogens is 405 g/mol. The van der Waals surface area contributed by atoms with Crippen LogP contribution in [0.1, 0.15) is 58.6 Å². The second-order valence-electron chi connectivity index (χ2n) is 5.96.